The summed E-state index contributed by atoms with van der Waals surface area (Å²) in [5.74, 6) is -0.319. The van der Waals surface area contributed by atoms with Gasteiger partial charge in [-0.25, -0.2) is 9.78 Å². The molecule has 1 aromatic heterocycles. The third-order valence-electron chi connectivity index (χ3n) is 6.78. The van der Waals surface area contributed by atoms with E-state index in [1.165, 1.54) is 19.4 Å². The van der Waals surface area contributed by atoms with Crippen LogP contribution in [0.2, 0.25) is 5.02 Å². The minimum absolute atomic E-state index is 0.116. The summed E-state index contributed by atoms with van der Waals surface area (Å²) >= 11 is 6.17. The van der Waals surface area contributed by atoms with Gasteiger partial charge in [-0.15, -0.1) is 0 Å². The molecule has 2 aliphatic rings. The number of pyridine rings is 1. The molecular formula is C27H24ClF3N4O3. The number of hydrogen-bond acceptors (Lipinski definition) is 6. The molecule has 5 rings (SSSR count). The van der Waals surface area contributed by atoms with Crippen molar-refractivity contribution in [2.75, 3.05) is 30.4 Å². The molecule has 2 N–H and O–H groups in total. The lowest BCUT2D eigenvalue weighted by Gasteiger charge is -2.41. The summed E-state index contributed by atoms with van der Waals surface area (Å²) in [4.78, 5) is 31.4. The van der Waals surface area contributed by atoms with Crippen LogP contribution in [0.3, 0.4) is 0 Å². The van der Waals surface area contributed by atoms with Gasteiger partial charge in [-0.05, 0) is 54.8 Å². The normalized spacial score (nSPS) is 16.4. The lowest BCUT2D eigenvalue weighted by atomic mass is 10.0. The molecule has 1 aliphatic heterocycles. The number of hydrogen-bond donors (Lipinski definition) is 2. The highest BCUT2D eigenvalue weighted by Crippen LogP contribution is 2.46. The van der Waals surface area contributed by atoms with Crippen LogP contribution in [0.5, 0.6) is 0 Å². The molecule has 2 heterocycles. The van der Waals surface area contributed by atoms with Crippen LogP contribution in [-0.2, 0) is 16.5 Å². The van der Waals surface area contributed by atoms with Gasteiger partial charge in [-0.1, -0.05) is 29.8 Å². The van der Waals surface area contributed by atoms with Crippen molar-refractivity contribution in [3.63, 3.8) is 0 Å². The Kier molecular flexibility index (Phi) is 6.68. The van der Waals surface area contributed by atoms with Crippen molar-refractivity contribution in [3.8, 4) is 0 Å². The number of esters is 1. The average molecular weight is 545 g/mol. The van der Waals surface area contributed by atoms with Gasteiger partial charge in [0.25, 0.3) is 5.91 Å². The number of rotatable bonds is 7. The van der Waals surface area contributed by atoms with Gasteiger partial charge < -0.3 is 20.3 Å². The van der Waals surface area contributed by atoms with Gasteiger partial charge in [-0.3, -0.25) is 4.79 Å². The Morgan fingerprint density at radius 2 is 1.82 bits per heavy atom. The fourth-order valence-corrected chi connectivity index (χ4v) is 4.71. The maximum absolute atomic E-state index is 13.4. The first-order chi connectivity index (χ1) is 18.1. The van der Waals surface area contributed by atoms with E-state index in [0.29, 0.717) is 40.7 Å². The molecule has 0 spiro atoms. The second kappa shape index (κ2) is 9.83. The van der Waals surface area contributed by atoms with Crippen molar-refractivity contribution >= 4 is 35.0 Å². The molecule has 198 valence electrons. The number of alkyl halides is 3. The van der Waals surface area contributed by atoms with E-state index in [-0.39, 0.29) is 11.9 Å². The summed E-state index contributed by atoms with van der Waals surface area (Å²) in [6, 6.07) is 13.4. The average Bonchev–Trinajstić information content (AvgIpc) is 3.66. The maximum atomic E-state index is 13.4. The summed E-state index contributed by atoms with van der Waals surface area (Å²) in [7, 11) is 1.32. The van der Waals surface area contributed by atoms with E-state index in [4.69, 9.17) is 16.3 Å². The molecule has 1 saturated heterocycles. The van der Waals surface area contributed by atoms with Crippen LogP contribution in [0.25, 0.3) is 0 Å². The van der Waals surface area contributed by atoms with Gasteiger partial charge in [0.1, 0.15) is 5.82 Å². The number of ether oxygens (including phenoxy) is 1. The Morgan fingerprint density at radius 3 is 2.45 bits per heavy atom. The summed E-state index contributed by atoms with van der Waals surface area (Å²) in [5, 5.41) is 6.52. The Hall–Kier alpha value is -3.79. The van der Waals surface area contributed by atoms with E-state index in [0.717, 1.165) is 30.5 Å². The Balaban J connectivity index is 1.27. The summed E-state index contributed by atoms with van der Waals surface area (Å²) in [6.07, 6.45) is -1.47. The van der Waals surface area contributed by atoms with Crippen molar-refractivity contribution < 1.29 is 27.5 Å². The topological polar surface area (TPSA) is 83.6 Å². The van der Waals surface area contributed by atoms with Gasteiger partial charge in [0, 0.05) is 25.0 Å². The van der Waals surface area contributed by atoms with Gasteiger partial charge in [0.05, 0.1) is 40.4 Å². The number of methoxy groups -OCH3 is 1. The van der Waals surface area contributed by atoms with E-state index in [1.54, 1.807) is 36.4 Å². The predicted molar refractivity (Wildman–Crippen MR) is 136 cm³/mol. The Bertz CT molecular complexity index is 1370. The third kappa shape index (κ3) is 5.26. The molecule has 3 aromatic rings. The van der Waals surface area contributed by atoms with E-state index in [9.17, 15) is 22.8 Å². The first-order valence-electron chi connectivity index (χ1n) is 11.9. The SMILES string of the molecule is COC(=O)c1ccc(C2(NC(=O)c3cc(Cl)cnc3N3CC(Nc4cccc(C(F)(F)F)c4)C3)CC2)cc1. The lowest BCUT2D eigenvalue weighted by molar-refractivity contribution is -0.137. The van der Waals surface area contributed by atoms with Crippen molar-refractivity contribution in [3.05, 3.63) is 88.1 Å². The number of nitrogens with zero attached hydrogens (tertiary/aromatic N) is 2. The molecule has 1 amide bonds. The van der Waals surface area contributed by atoms with Crippen molar-refractivity contribution in [2.45, 2.75) is 30.6 Å². The minimum atomic E-state index is -4.42. The third-order valence-corrected chi connectivity index (χ3v) is 6.99. The van der Waals surface area contributed by atoms with Crippen molar-refractivity contribution in [1.29, 1.82) is 0 Å². The second-order valence-electron chi connectivity index (χ2n) is 9.45. The zero-order chi connectivity index (χ0) is 27.1. The minimum Gasteiger partial charge on any atom is -0.465 e. The standard InChI is InChI=1S/C27H24ClF3N4O3/c1-38-25(37)16-5-7-17(8-6-16)26(9-10-26)34-24(36)22-12-19(28)13-32-23(22)35-14-21(15-35)33-20-4-2-3-18(11-20)27(29,30)31/h2-8,11-13,21,33H,9-10,14-15H2,1H3,(H,34,36). The smallest absolute Gasteiger partial charge is 0.416 e. The van der Waals surface area contributed by atoms with Gasteiger partial charge in [0.15, 0.2) is 0 Å². The molecule has 1 saturated carbocycles. The van der Waals surface area contributed by atoms with Gasteiger partial charge >= 0.3 is 12.1 Å². The summed E-state index contributed by atoms with van der Waals surface area (Å²) in [5.41, 5.74) is 0.724. The molecule has 0 radical (unpaired) electrons. The first kappa shape index (κ1) is 25.8. The molecule has 2 fully saturated rings. The fraction of sp³-hybridized carbons (Fsp3) is 0.296. The Morgan fingerprint density at radius 1 is 1.11 bits per heavy atom. The molecule has 7 nitrogen and oxygen atoms in total. The van der Waals surface area contributed by atoms with Crippen LogP contribution < -0.4 is 15.5 Å². The highest BCUT2D eigenvalue weighted by Gasteiger charge is 2.46. The molecule has 0 atom stereocenters. The van der Waals surface area contributed by atoms with E-state index in [1.807, 2.05) is 4.90 Å². The number of amides is 1. The van der Waals surface area contributed by atoms with Crippen molar-refractivity contribution in [1.82, 2.24) is 10.3 Å². The number of halogens is 4. The Labute approximate surface area is 221 Å². The summed E-state index contributed by atoms with van der Waals surface area (Å²) in [6.45, 7) is 0.899. The van der Waals surface area contributed by atoms with Crippen LogP contribution >= 0.6 is 11.6 Å². The van der Waals surface area contributed by atoms with Crippen LogP contribution in [0.4, 0.5) is 24.7 Å². The quantitative estimate of drug-likeness (QED) is 0.395. The van der Waals surface area contributed by atoms with Crippen LogP contribution in [0.15, 0.2) is 60.8 Å². The highest BCUT2D eigenvalue weighted by atomic mass is 35.5. The number of anilines is 2. The zero-order valence-electron chi connectivity index (χ0n) is 20.3. The predicted octanol–water partition coefficient (Wildman–Crippen LogP) is 5.26. The summed E-state index contributed by atoms with van der Waals surface area (Å²) < 4.78 is 43.8. The monoisotopic (exact) mass is 544 g/mol. The number of aromatic nitrogens is 1. The molecule has 11 heteroatoms. The second-order valence-corrected chi connectivity index (χ2v) is 9.89. The lowest BCUT2D eigenvalue weighted by Crippen LogP contribution is -2.55. The maximum Gasteiger partial charge on any atom is 0.416 e. The molecule has 0 bridgehead atoms. The zero-order valence-corrected chi connectivity index (χ0v) is 21.1. The molecule has 38 heavy (non-hydrogen) atoms. The molecule has 1 aliphatic carbocycles. The van der Waals surface area contributed by atoms with Crippen LogP contribution in [0.1, 0.15) is 44.7 Å². The number of benzene rings is 2. The van der Waals surface area contributed by atoms with Gasteiger partial charge in [0.2, 0.25) is 0 Å². The van der Waals surface area contributed by atoms with E-state index < -0.39 is 23.2 Å². The van der Waals surface area contributed by atoms with Crippen molar-refractivity contribution in [2.24, 2.45) is 0 Å². The van der Waals surface area contributed by atoms with Gasteiger partial charge in [-0.2, -0.15) is 13.2 Å². The fourth-order valence-electron chi connectivity index (χ4n) is 4.55. The van der Waals surface area contributed by atoms with Crippen LogP contribution in [-0.4, -0.2) is 43.1 Å². The molecule has 0 unspecified atom stereocenters. The van der Waals surface area contributed by atoms with E-state index >= 15 is 0 Å². The number of carbonyl (C=O) groups excluding carboxylic acids is 2. The molecule has 2 aromatic carbocycles. The number of nitrogens with one attached hydrogen (secondary N) is 2. The number of carbonyl (C=O) groups is 2. The highest BCUT2D eigenvalue weighted by molar-refractivity contribution is 6.31. The first-order valence-corrected chi connectivity index (χ1v) is 12.3. The molecular weight excluding hydrogens is 521 g/mol. The van der Waals surface area contributed by atoms with E-state index in [2.05, 4.69) is 15.6 Å². The largest absolute Gasteiger partial charge is 0.465 e. The van der Waals surface area contributed by atoms with Crippen LogP contribution in [0, 0.1) is 0 Å².